The Morgan fingerprint density at radius 2 is 1.87 bits per heavy atom. The number of hydrogen-bond acceptors (Lipinski definition) is 3. The van der Waals surface area contributed by atoms with Gasteiger partial charge in [-0.1, -0.05) is 20.8 Å². The summed E-state index contributed by atoms with van der Waals surface area (Å²) in [6.07, 6.45) is 1.81. The van der Waals surface area contributed by atoms with E-state index in [1.807, 2.05) is 25.7 Å². The van der Waals surface area contributed by atoms with Crippen LogP contribution in [0, 0.1) is 5.41 Å². The summed E-state index contributed by atoms with van der Waals surface area (Å²) in [5, 5.41) is 9.25. The molecule has 0 spiro atoms. The summed E-state index contributed by atoms with van der Waals surface area (Å²) in [4.78, 5) is 13.3. The third-order valence-electron chi connectivity index (χ3n) is 2.99. The van der Waals surface area contributed by atoms with Crippen LogP contribution in [0.4, 0.5) is 0 Å². The number of carboxylic acids is 1. The van der Waals surface area contributed by atoms with Gasteiger partial charge in [0.15, 0.2) is 0 Å². The fourth-order valence-electron chi connectivity index (χ4n) is 2.25. The highest BCUT2D eigenvalue weighted by molar-refractivity contribution is 5.74. The average molecular weight is 214 g/mol. The van der Waals surface area contributed by atoms with Gasteiger partial charge in [-0.2, -0.15) is 0 Å². The van der Waals surface area contributed by atoms with Crippen LogP contribution in [0.25, 0.3) is 0 Å². The maximum atomic E-state index is 11.3. The van der Waals surface area contributed by atoms with Gasteiger partial charge in [0, 0.05) is 19.1 Å². The molecule has 0 aromatic rings. The van der Waals surface area contributed by atoms with Crippen LogP contribution < -0.4 is 5.73 Å². The van der Waals surface area contributed by atoms with Crippen molar-refractivity contribution in [2.45, 2.75) is 45.7 Å². The SMILES string of the molecule is CC(C)(C)C(C(=O)O)N1CCC(N)CC1. The lowest BCUT2D eigenvalue weighted by atomic mass is 9.84. The van der Waals surface area contributed by atoms with Gasteiger partial charge in [-0.05, 0) is 18.3 Å². The summed E-state index contributed by atoms with van der Waals surface area (Å²) in [6, 6.07) is -0.152. The number of likely N-dealkylation sites (tertiary alicyclic amines) is 1. The minimum absolute atomic E-state index is 0.229. The number of hydrogen-bond donors (Lipinski definition) is 2. The maximum Gasteiger partial charge on any atom is 0.321 e. The third-order valence-corrected chi connectivity index (χ3v) is 2.99. The molecule has 4 heteroatoms. The summed E-state index contributed by atoms with van der Waals surface area (Å²) in [5.41, 5.74) is 5.58. The molecule has 88 valence electrons. The second kappa shape index (κ2) is 4.49. The van der Waals surface area contributed by atoms with Gasteiger partial charge in [0.1, 0.15) is 6.04 Å². The van der Waals surface area contributed by atoms with Crippen molar-refractivity contribution in [3.05, 3.63) is 0 Å². The van der Waals surface area contributed by atoms with E-state index in [0.29, 0.717) is 0 Å². The van der Waals surface area contributed by atoms with Gasteiger partial charge < -0.3 is 10.8 Å². The van der Waals surface area contributed by atoms with Crippen molar-refractivity contribution in [3.63, 3.8) is 0 Å². The smallest absolute Gasteiger partial charge is 0.321 e. The lowest BCUT2D eigenvalue weighted by Gasteiger charge is -2.40. The Kier molecular flexibility index (Phi) is 3.73. The second-order valence-corrected chi connectivity index (χ2v) is 5.48. The normalized spacial score (nSPS) is 22.7. The van der Waals surface area contributed by atoms with Crippen LogP contribution in [-0.2, 0) is 4.79 Å². The number of carbonyl (C=O) groups is 1. The molecule has 0 aliphatic carbocycles. The van der Waals surface area contributed by atoms with Crippen LogP contribution in [0.5, 0.6) is 0 Å². The van der Waals surface area contributed by atoms with Crippen LogP contribution in [0.2, 0.25) is 0 Å². The molecule has 1 rings (SSSR count). The molecule has 1 unspecified atom stereocenters. The number of rotatable bonds is 2. The molecule has 1 atom stereocenters. The van der Waals surface area contributed by atoms with E-state index < -0.39 is 12.0 Å². The predicted molar refractivity (Wildman–Crippen MR) is 59.7 cm³/mol. The molecule has 15 heavy (non-hydrogen) atoms. The van der Waals surface area contributed by atoms with E-state index in [4.69, 9.17) is 5.73 Å². The fourth-order valence-corrected chi connectivity index (χ4v) is 2.25. The summed E-state index contributed by atoms with van der Waals surface area (Å²) in [5.74, 6) is -0.724. The van der Waals surface area contributed by atoms with Gasteiger partial charge in [-0.15, -0.1) is 0 Å². The topological polar surface area (TPSA) is 66.6 Å². The number of carboxylic acid groups (broad SMARTS) is 1. The minimum Gasteiger partial charge on any atom is -0.480 e. The first kappa shape index (κ1) is 12.5. The van der Waals surface area contributed by atoms with Crippen LogP contribution in [-0.4, -0.2) is 41.1 Å². The van der Waals surface area contributed by atoms with Crippen molar-refractivity contribution in [1.29, 1.82) is 0 Å². The van der Waals surface area contributed by atoms with E-state index in [2.05, 4.69) is 0 Å². The van der Waals surface area contributed by atoms with Crippen molar-refractivity contribution in [2.24, 2.45) is 11.1 Å². The standard InChI is InChI=1S/C11H22N2O2/c1-11(2,3)9(10(14)15)13-6-4-8(12)5-7-13/h8-9H,4-7,12H2,1-3H3,(H,14,15). The largest absolute Gasteiger partial charge is 0.480 e. The van der Waals surface area contributed by atoms with Gasteiger partial charge in [0.05, 0.1) is 0 Å². The number of nitrogens with two attached hydrogens (primary N) is 1. The molecule has 3 N–H and O–H groups in total. The van der Waals surface area contributed by atoms with Crippen LogP contribution >= 0.6 is 0 Å². The van der Waals surface area contributed by atoms with Gasteiger partial charge in [0.25, 0.3) is 0 Å². The maximum absolute atomic E-state index is 11.3. The zero-order valence-electron chi connectivity index (χ0n) is 9.86. The first-order valence-corrected chi connectivity index (χ1v) is 5.55. The third kappa shape index (κ3) is 3.18. The Morgan fingerprint density at radius 1 is 1.40 bits per heavy atom. The van der Waals surface area contributed by atoms with Gasteiger partial charge >= 0.3 is 5.97 Å². The van der Waals surface area contributed by atoms with Crippen LogP contribution in [0.1, 0.15) is 33.6 Å². The molecular weight excluding hydrogens is 192 g/mol. The monoisotopic (exact) mass is 214 g/mol. The van der Waals surface area contributed by atoms with E-state index in [0.717, 1.165) is 25.9 Å². The van der Waals surface area contributed by atoms with E-state index in [-0.39, 0.29) is 11.5 Å². The summed E-state index contributed by atoms with van der Waals surface area (Å²) >= 11 is 0. The highest BCUT2D eigenvalue weighted by atomic mass is 16.4. The summed E-state index contributed by atoms with van der Waals surface area (Å²) in [6.45, 7) is 7.52. The van der Waals surface area contributed by atoms with E-state index in [9.17, 15) is 9.90 Å². The zero-order valence-corrected chi connectivity index (χ0v) is 9.86. The molecule has 1 fully saturated rings. The molecule has 0 aromatic heterocycles. The van der Waals surface area contributed by atoms with Crippen molar-refractivity contribution < 1.29 is 9.90 Å². The van der Waals surface area contributed by atoms with Gasteiger partial charge in [-0.3, -0.25) is 9.69 Å². The molecule has 1 aliphatic rings. The second-order valence-electron chi connectivity index (χ2n) is 5.48. The lowest BCUT2D eigenvalue weighted by Crippen LogP contribution is -2.53. The van der Waals surface area contributed by atoms with Gasteiger partial charge in [0.2, 0.25) is 0 Å². The molecular formula is C11H22N2O2. The Bertz CT molecular complexity index is 227. The highest BCUT2D eigenvalue weighted by Crippen LogP contribution is 2.26. The molecule has 1 heterocycles. The quantitative estimate of drug-likeness (QED) is 0.717. The summed E-state index contributed by atoms with van der Waals surface area (Å²) < 4.78 is 0. The molecule has 0 amide bonds. The number of nitrogens with zero attached hydrogens (tertiary/aromatic N) is 1. The summed E-state index contributed by atoms with van der Waals surface area (Å²) in [7, 11) is 0. The Morgan fingerprint density at radius 3 is 2.20 bits per heavy atom. The minimum atomic E-state index is -0.724. The Hall–Kier alpha value is -0.610. The highest BCUT2D eigenvalue weighted by Gasteiger charge is 2.37. The Labute approximate surface area is 91.4 Å². The van der Waals surface area contributed by atoms with E-state index >= 15 is 0 Å². The molecule has 1 aliphatic heterocycles. The lowest BCUT2D eigenvalue weighted by molar-refractivity contribution is -0.148. The van der Waals surface area contributed by atoms with Crippen LogP contribution in [0.3, 0.4) is 0 Å². The van der Waals surface area contributed by atoms with E-state index in [1.54, 1.807) is 0 Å². The predicted octanol–water partition coefficient (Wildman–Crippen LogP) is 0.909. The van der Waals surface area contributed by atoms with E-state index in [1.165, 1.54) is 0 Å². The molecule has 0 aromatic carbocycles. The zero-order chi connectivity index (χ0) is 11.6. The van der Waals surface area contributed by atoms with Crippen molar-refractivity contribution in [1.82, 2.24) is 4.90 Å². The molecule has 0 saturated carbocycles. The average Bonchev–Trinajstić information content (AvgIpc) is 2.05. The van der Waals surface area contributed by atoms with Crippen molar-refractivity contribution in [3.8, 4) is 0 Å². The molecule has 4 nitrogen and oxygen atoms in total. The Balaban J connectivity index is 2.69. The number of piperidine rings is 1. The number of aliphatic carboxylic acids is 1. The molecule has 0 bridgehead atoms. The first-order chi connectivity index (χ1) is 6.82. The van der Waals surface area contributed by atoms with Gasteiger partial charge in [-0.25, -0.2) is 0 Å². The first-order valence-electron chi connectivity index (χ1n) is 5.55. The molecule has 1 saturated heterocycles. The fraction of sp³-hybridized carbons (Fsp3) is 0.909. The van der Waals surface area contributed by atoms with Crippen LogP contribution in [0.15, 0.2) is 0 Å². The van der Waals surface area contributed by atoms with Crippen molar-refractivity contribution >= 4 is 5.97 Å². The van der Waals surface area contributed by atoms with Crippen molar-refractivity contribution in [2.75, 3.05) is 13.1 Å². The molecule has 0 radical (unpaired) electrons.